The summed E-state index contributed by atoms with van der Waals surface area (Å²) < 4.78 is 0.890. The molecule has 13 heavy (non-hydrogen) atoms. The summed E-state index contributed by atoms with van der Waals surface area (Å²) in [6, 6.07) is 1.88. The molecule has 0 aliphatic carbocycles. The van der Waals surface area contributed by atoms with Gasteiger partial charge in [-0.25, -0.2) is 4.98 Å². The molecule has 0 spiro atoms. The van der Waals surface area contributed by atoms with Gasteiger partial charge in [-0.3, -0.25) is 4.79 Å². The molecule has 0 aliphatic heterocycles. The minimum Gasteiger partial charge on any atom is -0.307 e. The van der Waals surface area contributed by atoms with Crippen molar-refractivity contribution < 1.29 is 4.79 Å². The number of carbonyl (C=O) groups excluding carboxylic acids is 1. The van der Waals surface area contributed by atoms with Gasteiger partial charge in [0, 0.05) is 10.7 Å². The van der Waals surface area contributed by atoms with E-state index in [0.717, 1.165) is 10.0 Å². The van der Waals surface area contributed by atoms with Crippen LogP contribution in [0.5, 0.6) is 0 Å². The van der Waals surface area contributed by atoms with E-state index in [-0.39, 0.29) is 5.91 Å². The third kappa shape index (κ3) is 2.66. The summed E-state index contributed by atoms with van der Waals surface area (Å²) in [7, 11) is 0. The first-order valence-corrected chi connectivity index (χ1v) is 4.48. The van der Waals surface area contributed by atoms with Crippen LogP contribution in [0.1, 0.15) is 5.56 Å². The van der Waals surface area contributed by atoms with E-state index < -0.39 is 0 Å². The highest BCUT2D eigenvalue weighted by Gasteiger charge is 2.02. The van der Waals surface area contributed by atoms with Gasteiger partial charge in [-0.15, -0.1) is 0 Å². The maximum Gasteiger partial charge on any atom is 0.248 e. The minimum atomic E-state index is -0.252. The van der Waals surface area contributed by atoms with Gasteiger partial charge in [0.25, 0.3) is 0 Å². The molecule has 0 radical (unpaired) electrons. The van der Waals surface area contributed by atoms with Crippen molar-refractivity contribution in [3.8, 4) is 0 Å². The molecular weight excluding hydrogens is 232 g/mol. The van der Waals surface area contributed by atoms with Gasteiger partial charge in [-0.05, 0) is 40.6 Å². The van der Waals surface area contributed by atoms with E-state index >= 15 is 0 Å². The number of carbonyl (C=O) groups is 1. The molecule has 0 aromatic carbocycles. The van der Waals surface area contributed by atoms with Gasteiger partial charge >= 0.3 is 0 Å². The molecule has 0 saturated heterocycles. The lowest BCUT2D eigenvalue weighted by molar-refractivity contribution is -0.111. The fourth-order valence-electron chi connectivity index (χ4n) is 0.839. The van der Waals surface area contributed by atoms with E-state index in [0.29, 0.717) is 5.82 Å². The number of amides is 1. The molecule has 0 atom stereocenters. The second-order valence-corrected chi connectivity index (χ2v) is 3.43. The van der Waals surface area contributed by atoms with E-state index in [1.165, 1.54) is 6.08 Å². The van der Waals surface area contributed by atoms with Crippen LogP contribution in [0.2, 0.25) is 0 Å². The van der Waals surface area contributed by atoms with Crippen molar-refractivity contribution in [2.24, 2.45) is 0 Å². The van der Waals surface area contributed by atoms with Gasteiger partial charge < -0.3 is 5.32 Å². The minimum absolute atomic E-state index is 0.252. The van der Waals surface area contributed by atoms with Gasteiger partial charge in [0.15, 0.2) is 0 Å². The van der Waals surface area contributed by atoms with Crippen molar-refractivity contribution >= 4 is 27.7 Å². The normalized spacial score (nSPS) is 9.38. The highest BCUT2D eigenvalue weighted by atomic mass is 79.9. The lowest BCUT2D eigenvalue weighted by atomic mass is 10.3. The van der Waals surface area contributed by atoms with Crippen molar-refractivity contribution in [1.29, 1.82) is 0 Å². The molecule has 1 rings (SSSR count). The number of aromatic nitrogens is 1. The van der Waals surface area contributed by atoms with Gasteiger partial charge in [0.05, 0.1) is 0 Å². The predicted molar refractivity (Wildman–Crippen MR) is 55.5 cm³/mol. The highest BCUT2D eigenvalue weighted by molar-refractivity contribution is 9.10. The van der Waals surface area contributed by atoms with E-state index in [2.05, 4.69) is 32.8 Å². The number of anilines is 1. The third-order valence-electron chi connectivity index (χ3n) is 1.47. The summed E-state index contributed by atoms with van der Waals surface area (Å²) in [5.74, 6) is 0.311. The first-order chi connectivity index (χ1) is 6.13. The number of nitrogens with one attached hydrogen (secondary N) is 1. The third-order valence-corrected chi connectivity index (χ3v) is 1.91. The Morgan fingerprint density at radius 1 is 1.77 bits per heavy atom. The fraction of sp³-hybridized carbons (Fsp3) is 0.111. The summed E-state index contributed by atoms with van der Waals surface area (Å²) in [6.07, 6.45) is 2.84. The standard InChI is InChI=1S/C9H9BrN2O/c1-3-8(13)12-9-6(2)4-7(10)5-11-9/h3-5H,1H2,2H3,(H,11,12,13). The number of hydrogen-bond donors (Lipinski definition) is 1. The van der Waals surface area contributed by atoms with E-state index in [1.807, 2.05) is 13.0 Å². The Labute approximate surface area is 85.0 Å². The van der Waals surface area contributed by atoms with Crippen LogP contribution >= 0.6 is 15.9 Å². The number of nitrogens with zero attached hydrogens (tertiary/aromatic N) is 1. The number of hydrogen-bond acceptors (Lipinski definition) is 2. The van der Waals surface area contributed by atoms with E-state index in [4.69, 9.17) is 0 Å². The average Bonchev–Trinajstić information content (AvgIpc) is 2.09. The lowest BCUT2D eigenvalue weighted by Gasteiger charge is -2.04. The van der Waals surface area contributed by atoms with E-state index in [1.54, 1.807) is 6.20 Å². The summed E-state index contributed by atoms with van der Waals surface area (Å²) in [6.45, 7) is 5.23. The molecule has 1 aromatic rings. The smallest absolute Gasteiger partial charge is 0.248 e. The lowest BCUT2D eigenvalue weighted by Crippen LogP contribution is -2.09. The molecular formula is C9H9BrN2O. The molecule has 0 unspecified atom stereocenters. The molecule has 4 heteroatoms. The van der Waals surface area contributed by atoms with Crippen LogP contribution in [0.3, 0.4) is 0 Å². The van der Waals surface area contributed by atoms with Crippen molar-refractivity contribution in [2.45, 2.75) is 6.92 Å². The number of pyridine rings is 1. The zero-order chi connectivity index (χ0) is 9.84. The van der Waals surface area contributed by atoms with Crippen LogP contribution in [-0.2, 0) is 4.79 Å². The molecule has 3 nitrogen and oxygen atoms in total. The molecule has 0 saturated carbocycles. The van der Waals surface area contributed by atoms with Crippen molar-refractivity contribution in [3.63, 3.8) is 0 Å². The Bertz CT molecular complexity index is 349. The molecule has 1 heterocycles. The zero-order valence-electron chi connectivity index (χ0n) is 7.17. The van der Waals surface area contributed by atoms with Crippen LogP contribution in [0.4, 0.5) is 5.82 Å². The molecule has 1 amide bonds. The SMILES string of the molecule is C=CC(=O)Nc1ncc(Br)cc1C. The Morgan fingerprint density at radius 3 is 3.00 bits per heavy atom. The Kier molecular flexibility index (Phi) is 3.19. The van der Waals surface area contributed by atoms with Gasteiger partial charge in [-0.2, -0.15) is 0 Å². The van der Waals surface area contributed by atoms with E-state index in [9.17, 15) is 4.79 Å². The number of rotatable bonds is 2. The van der Waals surface area contributed by atoms with Gasteiger partial charge in [0.2, 0.25) is 5.91 Å². The molecule has 68 valence electrons. The average molecular weight is 241 g/mol. The van der Waals surface area contributed by atoms with Crippen LogP contribution in [-0.4, -0.2) is 10.9 Å². The van der Waals surface area contributed by atoms with Gasteiger partial charge in [-0.1, -0.05) is 6.58 Å². The fourth-order valence-corrected chi connectivity index (χ4v) is 1.28. The van der Waals surface area contributed by atoms with Gasteiger partial charge in [0.1, 0.15) is 5.82 Å². The monoisotopic (exact) mass is 240 g/mol. The van der Waals surface area contributed by atoms with Crippen molar-refractivity contribution in [3.05, 3.63) is 35.0 Å². The Balaban J connectivity index is 2.89. The van der Waals surface area contributed by atoms with Crippen LogP contribution in [0.25, 0.3) is 0 Å². The van der Waals surface area contributed by atoms with Crippen LogP contribution in [0, 0.1) is 6.92 Å². The molecule has 0 aliphatic rings. The second kappa shape index (κ2) is 4.18. The largest absolute Gasteiger partial charge is 0.307 e. The quantitative estimate of drug-likeness (QED) is 0.807. The highest BCUT2D eigenvalue weighted by Crippen LogP contribution is 2.16. The predicted octanol–water partition coefficient (Wildman–Crippen LogP) is 2.28. The zero-order valence-corrected chi connectivity index (χ0v) is 8.76. The Hall–Kier alpha value is -1.16. The van der Waals surface area contributed by atoms with Crippen molar-refractivity contribution in [1.82, 2.24) is 4.98 Å². The summed E-state index contributed by atoms with van der Waals surface area (Å²) in [4.78, 5) is 15.0. The van der Waals surface area contributed by atoms with Crippen LogP contribution in [0.15, 0.2) is 29.4 Å². The summed E-state index contributed by atoms with van der Waals surface area (Å²) in [5.41, 5.74) is 0.907. The first kappa shape index (κ1) is 9.92. The maximum absolute atomic E-state index is 10.9. The summed E-state index contributed by atoms with van der Waals surface area (Å²) in [5, 5.41) is 2.60. The van der Waals surface area contributed by atoms with Crippen LogP contribution < -0.4 is 5.32 Å². The second-order valence-electron chi connectivity index (χ2n) is 2.51. The topological polar surface area (TPSA) is 42.0 Å². The molecule has 0 bridgehead atoms. The number of aryl methyl sites for hydroxylation is 1. The number of halogens is 1. The summed E-state index contributed by atoms with van der Waals surface area (Å²) >= 11 is 3.28. The van der Waals surface area contributed by atoms with Crippen molar-refractivity contribution in [2.75, 3.05) is 5.32 Å². The molecule has 0 fully saturated rings. The molecule has 1 aromatic heterocycles. The Morgan fingerprint density at radius 2 is 2.46 bits per heavy atom. The first-order valence-electron chi connectivity index (χ1n) is 3.69. The molecule has 1 N–H and O–H groups in total. The maximum atomic E-state index is 10.9.